The first kappa shape index (κ1) is 13.9. The Kier molecular flexibility index (Phi) is 4.34. The van der Waals surface area contributed by atoms with Gasteiger partial charge in [0.15, 0.2) is 0 Å². The molecule has 3 rings (SSSR count). The predicted octanol–water partition coefficient (Wildman–Crippen LogP) is 2.59. The van der Waals surface area contributed by atoms with Crippen molar-refractivity contribution in [1.82, 2.24) is 5.48 Å². The van der Waals surface area contributed by atoms with Crippen LogP contribution in [0.4, 0.5) is 0 Å². The van der Waals surface area contributed by atoms with Crippen molar-refractivity contribution in [1.29, 1.82) is 0 Å². The molecule has 0 unspecified atom stereocenters. The van der Waals surface area contributed by atoms with Gasteiger partial charge in [0.1, 0.15) is 6.10 Å². The molecule has 1 heterocycles. The number of hydrogen-bond acceptors (Lipinski definition) is 3. The highest BCUT2D eigenvalue weighted by Gasteiger charge is 2.23. The summed E-state index contributed by atoms with van der Waals surface area (Å²) in [7, 11) is 0. The lowest BCUT2D eigenvalue weighted by Crippen LogP contribution is -2.36. The van der Waals surface area contributed by atoms with E-state index in [4.69, 9.17) is 10.6 Å². The van der Waals surface area contributed by atoms with Gasteiger partial charge in [-0.2, -0.15) is 0 Å². The second-order valence-corrected chi connectivity index (χ2v) is 5.39. The fraction of sp³-hybridized carbons (Fsp3) is 0.222. The molecule has 21 heavy (non-hydrogen) atoms. The summed E-state index contributed by atoms with van der Waals surface area (Å²) in [5.41, 5.74) is 12.8. The van der Waals surface area contributed by atoms with Crippen LogP contribution in [-0.2, 0) is 17.7 Å². The summed E-state index contributed by atoms with van der Waals surface area (Å²) in [4.78, 5) is 5.60. The quantitative estimate of drug-likeness (QED) is 0.885. The SMILES string of the molecule is N[C@@H](Cc1ccccc1)[C@@H]1C=C(Cc2ccccc2)NO1. The highest BCUT2D eigenvalue weighted by atomic mass is 16.7. The monoisotopic (exact) mass is 280 g/mol. The Morgan fingerprint density at radius 3 is 2.24 bits per heavy atom. The van der Waals surface area contributed by atoms with Crippen LogP contribution >= 0.6 is 0 Å². The molecule has 0 spiro atoms. The normalized spacial score (nSPS) is 18.9. The van der Waals surface area contributed by atoms with E-state index < -0.39 is 0 Å². The minimum atomic E-state index is -0.0797. The zero-order valence-corrected chi connectivity index (χ0v) is 11.9. The van der Waals surface area contributed by atoms with Gasteiger partial charge in [-0.1, -0.05) is 60.7 Å². The number of nitrogens with one attached hydrogen (secondary N) is 1. The van der Waals surface area contributed by atoms with Crippen LogP contribution in [0.15, 0.2) is 72.4 Å². The molecule has 1 aliphatic heterocycles. The van der Waals surface area contributed by atoms with E-state index >= 15 is 0 Å². The standard InChI is InChI=1S/C18H20N2O/c19-17(12-15-9-5-2-6-10-15)18-13-16(20-21-18)11-14-7-3-1-4-8-14/h1-10,13,17-18,20H,11-12,19H2/t17-,18-/m0/s1. The lowest BCUT2D eigenvalue weighted by atomic mass is 10.0. The van der Waals surface area contributed by atoms with E-state index in [1.807, 2.05) is 36.4 Å². The lowest BCUT2D eigenvalue weighted by Gasteiger charge is -2.16. The molecule has 0 bridgehead atoms. The minimum absolute atomic E-state index is 0.0480. The highest BCUT2D eigenvalue weighted by molar-refractivity contribution is 5.24. The maximum atomic E-state index is 6.26. The average molecular weight is 280 g/mol. The van der Waals surface area contributed by atoms with Crippen LogP contribution < -0.4 is 11.2 Å². The molecule has 3 nitrogen and oxygen atoms in total. The van der Waals surface area contributed by atoms with Gasteiger partial charge in [0.2, 0.25) is 0 Å². The Bertz CT molecular complexity index is 595. The van der Waals surface area contributed by atoms with Crippen LogP contribution in [0.5, 0.6) is 0 Å². The Balaban J connectivity index is 1.60. The fourth-order valence-corrected chi connectivity index (χ4v) is 2.53. The molecule has 108 valence electrons. The number of benzene rings is 2. The molecule has 3 heteroatoms. The number of allylic oxidation sites excluding steroid dienone is 1. The second-order valence-electron chi connectivity index (χ2n) is 5.39. The summed E-state index contributed by atoms with van der Waals surface area (Å²) in [6.45, 7) is 0. The number of hydroxylamine groups is 1. The predicted molar refractivity (Wildman–Crippen MR) is 84.4 cm³/mol. The summed E-state index contributed by atoms with van der Waals surface area (Å²) >= 11 is 0. The highest BCUT2D eigenvalue weighted by Crippen LogP contribution is 2.16. The third-order valence-corrected chi connectivity index (χ3v) is 3.67. The van der Waals surface area contributed by atoms with E-state index in [0.717, 1.165) is 18.5 Å². The van der Waals surface area contributed by atoms with Crippen molar-refractivity contribution >= 4 is 0 Å². The Morgan fingerprint density at radius 2 is 1.57 bits per heavy atom. The summed E-state index contributed by atoms with van der Waals surface area (Å²) in [6.07, 6.45) is 3.67. The summed E-state index contributed by atoms with van der Waals surface area (Å²) in [6, 6.07) is 20.6. The van der Waals surface area contributed by atoms with Crippen molar-refractivity contribution in [3.8, 4) is 0 Å². The Morgan fingerprint density at radius 1 is 0.952 bits per heavy atom. The van der Waals surface area contributed by atoms with Gasteiger partial charge in [0.05, 0.1) is 0 Å². The molecule has 2 aromatic carbocycles. The van der Waals surface area contributed by atoms with Gasteiger partial charge in [-0.25, -0.2) is 0 Å². The van der Waals surface area contributed by atoms with Gasteiger partial charge >= 0.3 is 0 Å². The molecule has 0 aromatic heterocycles. The minimum Gasteiger partial charge on any atom is -0.325 e. The van der Waals surface area contributed by atoms with Crippen LogP contribution in [0, 0.1) is 0 Å². The number of rotatable bonds is 5. The van der Waals surface area contributed by atoms with Gasteiger partial charge in [-0.05, 0) is 23.6 Å². The number of nitrogens with two attached hydrogens (primary N) is 1. The van der Waals surface area contributed by atoms with E-state index in [0.29, 0.717) is 0 Å². The average Bonchev–Trinajstić information content (AvgIpc) is 2.98. The van der Waals surface area contributed by atoms with Crippen molar-refractivity contribution in [2.24, 2.45) is 5.73 Å². The first-order valence-corrected chi connectivity index (χ1v) is 7.27. The molecule has 0 amide bonds. The van der Waals surface area contributed by atoms with Crippen LogP contribution in [0.2, 0.25) is 0 Å². The maximum absolute atomic E-state index is 6.26. The molecule has 0 saturated heterocycles. The van der Waals surface area contributed by atoms with E-state index in [2.05, 4.69) is 35.8 Å². The van der Waals surface area contributed by atoms with E-state index in [1.54, 1.807) is 0 Å². The molecule has 0 aliphatic carbocycles. The summed E-state index contributed by atoms with van der Waals surface area (Å²) in [5, 5.41) is 0. The molecule has 0 radical (unpaired) electrons. The molecule has 2 atom stereocenters. The zero-order chi connectivity index (χ0) is 14.5. The fourth-order valence-electron chi connectivity index (χ4n) is 2.53. The van der Waals surface area contributed by atoms with Crippen molar-refractivity contribution in [3.05, 3.63) is 83.6 Å². The van der Waals surface area contributed by atoms with Crippen LogP contribution in [-0.4, -0.2) is 12.1 Å². The third-order valence-electron chi connectivity index (χ3n) is 3.67. The molecular weight excluding hydrogens is 260 g/mol. The molecule has 0 fully saturated rings. The Hall–Kier alpha value is -2.10. The Labute approximate surface area is 125 Å². The molecule has 3 N–H and O–H groups in total. The zero-order valence-electron chi connectivity index (χ0n) is 11.9. The van der Waals surface area contributed by atoms with Gasteiger partial charge in [0, 0.05) is 18.2 Å². The van der Waals surface area contributed by atoms with Gasteiger partial charge in [-0.3, -0.25) is 10.3 Å². The van der Waals surface area contributed by atoms with Crippen LogP contribution in [0.25, 0.3) is 0 Å². The first-order valence-electron chi connectivity index (χ1n) is 7.27. The maximum Gasteiger partial charge on any atom is 0.121 e. The van der Waals surface area contributed by atoms with E-state index in [-0.39, 0.29) is 12.1 Å². The molecule has 1 aliphatic rings. The third kappa shape index (κ3) is 3.72. The van der Waals surface area contributed by atoms with Crippen LogP contribution in [0.1, 0.15) is 11.1 Å². The van der Waals surface area contributed by atoms with Crippen molar-refractivity contribution in [3.63, 3.8) is 0 Å². The van der Waals surface area contributed by atoms with E-state index in [1.165, 1.54) is 11.1 Å². The van der Waals surface area contributed by atoms with E-state index in [9.17, 15) is 0 Å². The summed E-state index contributed by atoms with van der Waals surface area (Å²) < 4.78 is 0. The van der Waals surface area contributed by atoms with Crippen molar-refractivity contribution < 1.29 is 4.84 Å². The van der Waals surface area contributed by atoms with Crippen molar-refractivity contribution in [2.75, 3.05) is 0 Å². The smallest absolute Gasteiger partial charge is 0.121 e. The molecule has 0 saturated carbocycles. The number of hydrogen-bond donors (Lipinski definition) is 2. The lowest BCUT2D eigenvalue weighted by molar-refractivity contribution is 0.0279. The van der Waals surface area contributed by atoms with Gasteiger partial charge in [0.25, 0.3) is 0 Å². The second kappa shape index (κ2) is 6.57. The topological polar surface area (TPSA) is 47.3 Å². The first-order chi connectivity index (χ1) is 10.3. The largest absolute Gasteiger partial charge is 0.325 e. The van der Waals surface area contributed by atoms with Gasteiger partial charge < -0.3 is 5.73 Å². The summed E-state index contributed by atoms with van der Waals surface area (Å²) in [5.74, 6) is 0. The van der Waals surface area contributed by atoms with Crippen molar-refractivity contribution in [2.45, 2.75) is 25.0 Å². The van der Waals surface area contributed by atoms with Gasteiger partial charge in [-0.15, -0.1) is 0 Å². The molecular formula is C18H20N2O. The molecule has 2 aromatic rings. The van der Waals surface area contributed by atoms with Crippen LogP contribution in [0.3, 0.4) is 0 Å².